The molecule has 0 amide bonds. The van der Waals surface area contributed by atoms with Gasteiger partial charge in [0.1, 0.15) is 5.65 Å². The SMILES string of the molecule is O=c1ccc2ccc(=O)n3c2n1C[C@H]3CN1CCC(NCc2ccc3c(c2)CCCS3)CC1. The van der Waals surface area contributed by atoms with E-state index in [0.717, 1.165) is 50.1 Å². The maximum atomic E-state index is 12.6. The maximum absolute atomic E-state index is 12.6. The van der Waals surface area contributed by atoms with Gasteiger partial charge < -0.3 is 10.2 Å². The monoisotopic (exact) mass is 462 g/mol. The molecule has 0 saturated carbocycles. The molecule has 0 unspecified atom stereocenters. The Morgan fingerprint density at radius 1 is 1.00 bits per heavy atom. The number of fused-ring (bicyclic) bond motifs is 1. The standard InChI is InChI=1S/C26H30N4O2S/c31-24-7-4-19-5-8-25(32)30-22(17-29(24)26(19)30)16-28-11-9-21(10-12-28)27-15-18-3-6-23-20(14-18)2-1-13-33-23/h3-8,14,21-22,27H,1-2,9-13,15-17H2/t22-/m1/s1. The minimum absolute atomic E-state index is 0.00986. The van der Waals surface area contributed by atoms with Crippen LogP contribution in [0.1, 0.15) is 36.4 Å². The third kappa shape index (κ3) is 4.07. The zero-order valence-electron chi connectivity index (χ0n) is 18.8. The second kappa shape index (κ2) is 8.78. The predicted octanol–water partition coefficient (Wildman–Crippen LogP) is 3.01. The minimum Gasteiger partial charge on any atom is -0.310 e. The molecule has 5 heterocycles. The van der Waals surface area contributed by atoms with Crippen LogP contribution in [0.15, 0.2) is 56.9 Å². The van der Waals surface area contributed by atoms with Gasteiger partial charge in [-0.25, -0.2) is 0 Å². The number of piperidine rings is 1. The van der Waals surface area contributed by atoms with Crippen molar-refractivity contribution < 1.29 is 0 Å². The summed E-state index contributed by atoms with van der Waals surface area (Å²) in [5.74, 6) is 1.25. The van der Waals surface area contributed by atoms with Gasteiger partial charge in [-0.1, -0.05) is 12.1 Å². The quantitative estimate of drug-likeness (QED) is 0.632. The van der Waals surface area contributed by atoms with E-state index < -0.39 is 0 Å². The maximum Gasteiger partial charge on any atom is 0.252 e. The van der Waals surface area contributed by atoms with Crippen LogP contribution in [0.2, 0.25) is 0 Å². The Bertz CT molecular complexity index is 1300. The van der Waals surface area contributed by atoms with E-state index in [1.165, 1.54) is 34.6 Å². The molecule has 172 valence electrons. The van der Waals surface area contributed by atoms with Crippen molar-refractivity contribution in [2.75, 3.05) is 25.4 Å². The van der Waals surface area contributed by atoms with Gasteiger partial charge in [0.05, 0.1) is 6.04 Å². The number of nitrogens with zero attached hydrogens (tertiary/aromatic N) is 3. The van der Waals surface area contributed by atoms with Crippen LogP contribution in [-0.2, 0) is 19.5 Å². The molecular weight excluding hydrogens is 432 g/mol. The first-order valence-corrected chi connectivity index (χ1v) is 13.1. The van der Waals surface area contributed by atoms with Crippen molar-refractivity contribution in [3.63, 3.8) is 0 Å². The van der Waals surface area contributed by atoms with Gasteiger partial charge >= 0.3 is 0 Å². The van der Waals surface area contributed by atoms with Crippen LogP contribution in [0, 0.1) is 0 Å². The summed E-state index contributed by atoms with van der Waals surface area (Å²) in [7, 11) is 0. The highest BCUT2D eigenvalue weighted by molar-refractivity contribution is 7.99. The van der Waals surface area contributed by atoms with E-state index in [1.807, 2.05) is 28.5 Å². The van der Waals surface area contributed by atoms with Crippen LogP contribution in [0.3, 0.4) is 0 Å². The molecule has 7 heteroatoms. The molecule has 3 aliphatic heterocycles. The first-order valence-electron chi connectivity index (χ1n) is 12.1. The average Bonchev–Trinajstić information content (AvgIpc) is 3.23. The molecule has 3 aromatic rings. The summed E-state index contributed by atoms with van der Waals surface area (Å²) in [5.41, 5.74) is 3.65. The summed E-state index contributed by atoms with van der Waals surface area (Å²) in [6.45, 7) is 4.37. The Morgan fingerprint density at radius 3 is 2.67 bits per heavy atom. The summed E-state index contributed by atoms with van der Waals surface area (Å²) >= 11 is 1.99. The highest BCUT2D eigenvalue weighted by Gasteiger charge is 2.29. The number of rotatable bonds is 5. The van der Waals surface area contributed by atoms with Gasteiger partial charge in [-0.05, 0) is 73.9 Å². The molecule has 0 bridgehead atoms. The molecule has 6 nitrogen and oxygen atoms in total. The van der Waals surface area contributed by atoms with Crippen LogP contribution in [0.5, 0.6) is 0 Å². The lowest BCUT2D eigenvalue weighted by Crippen LogP contribution is -2.44. The number of likely N-dealkylation sites (tertiary alicyclic amines) is 1. The zero-order valence-corrected chi connectivity index (χ0v) is 19.7. The molecule has 0 aliphatic carbocycles. The largest absolute Gasteiger partial charge is 0.310 e. The fourth-order valence-corrected chi connectivity index (χ4v) is 6.71. The van der Waals surface area contributed by atoms with Crippen molar-refractivity contribution >= 4 is 22.8 Å². The van der Waals surface area contributed by atoms with E-state index in [-0.39, 0.29) is 17.2 Å². The average molecular weight is 463 g/mol. The van der Waals surface area contributed by atoms with Crippen LogP contribution in [0.25, 0.3) is 11.0 Å². The number of aryl methyl sites for hydroxylation is 1. The molecule has 0 spiro atoms. The Hall–Kier alpha value is -2.35. The fourth-order valence-electron chi connectivity index (χ4n) is 5.70. The molecule has 1 aromatic carbocycles. The Kier molecular flexibility index (Phi) is 5.64. The van der Waals surface area contributed by atoms with Crippen molar-refractivity contribution in [3.8, 4) is 0 Å². The van der Waals surface area contributed by atoms with Gasteiger partial charge in [0.15, 0.2) is 0 Å². The Balaban J connectivity index is 1.06. The molecule has 0 radical (unpaired) electrons. The smallest absolute Gasteiger partial charge is 0.252 e. The lowest BCUT2D eigenvalue weighted by molar-refractivity contribution is 0.171. The summed E-state index contributed by atoms with van der Waals surface area (Å²) in [5, 5.41) is 4.73. The summed E-state index contributed by atoms with van der Waals surface area (Å²) in [6.07, 6.45) is 4.72. The third-order valence-electron chi connectivity index (χ3n) is 7.44. The Labute approximate surface area is 197 Å². The lowest BCUT2D eigenvalue weighted by atomic mass is 10.0. The number of pyridine rings is 2. The van der Waals surface area contributed by atoms with Crippen molar-refractivity contribution in [2.45, 2.75) is 55.8 Å². The van der Waals surface area contributed by atoms with Crippen LogP contribution in [0.4, 0.5) is 0 Å². The molecule has 3 aliphatic rings. The van der Waals surface area contributed by atoms with Crippen molar-refractivity contribution in [1.82, 2.24) is 19.4 Å². The normalized spacial score (nSPS) is 20.9. The number of nitrogens with one attached hydrogen (secondary N) is 1. The summed E-state index contributed by atoms with van der Waals surface area (Å²) in [6, 6.07) is 14.4. The molecular formula is C26H30N4O2S. The lowest BCUT2D eigenvalue weighted by Gasteiger charge is -2.34. The van der Waals surface area contributed by atoms with Gasteiger partial charge in [0.25, 0.3) is 11.1 Å². The highest BCUT2D eigenvalue weighted by Crippen LogP contribution is 2.30. The zero-order chi connectivity index (χ0) is 22.4. The number of thioether (sulfide) groups is 1. The van der Waals surface area contributed by atoms with Crippen LogP contribution in [-0.4, -0.2) is 45.5 Å². The first-order chi connectivity index (χ1) is 16.2. The number of hydrogen-bond acceptors (Lipinski definition) is 5. The fraction of sp³-hybridized carbons (Fsp3) is 0.462. The Morgan fingerprint density at radius 2 is 1.82 bits per heavy atom. The van der Waals surface area contributed by atoms with E-state index in [1.54, 1.807) is 16.7 Å². The van der Waals surface area contributed by atoms with Crippen molar-refractivity contribution in [1.29, 1.82) is 0 Å². The molecule has 6 rings (SSSR count). The molecule has 2 aromatic heterocycles. The summed E-state index contributed by atoms with van der Waals surface area (Å²) in [4.78, 5) is 28.9. The van der Waals surface area contributed by atoms with Gasteiger partial charge in [-0.3, -0.25) is 18.7 Å². The number of aromatic nitrogens is 2. The van der Waals surface area contributed by atoms with Gasteiger partial charge in [0, 0.05) is 48.1 Å². The molecule has 33 heavy (non-hydrogen) atoms. The van der Waals surface area contributed by atoms with E-state index in [2.05, 4.69) is 28.4 Å². The van der Waals surface area contributed by atoms with E-state index in [9.17, 15) is 9.59 Å². The van der Waals surface area contributed by atoms with E-state index in [0.29, 0.717) is 12.6 Å². The second-order valence-corrected chi connectivity index (χ2v) is 10.7. The van der Waals surface area contributed by atoms with Crippen molar-refractivity contribution in [3.05, 3.63) is 74.3 Å². The third-order valence-corrected chi connectivity index (χ3v) is 8.64. The molecule has 1 fully saturated rings. The topological polar surface area (TPSA) is 59.3 Å². The first kappa shape index (κ1) is 21.2. The van der Waals surface area contributed by atoms with Crippen LogP contribution < -0.4 is 16.4 Å². The number of hydrogen-bond donors (Lipinski definition) is 1. The van der Waals surface area contributed by atoms with Gasteiger partial charge in [-0.2, -0.15) is 0 Å². The molecule has 1 saturated heterocycles. The minimum atomic E-state index is -0.0203. The van der Waals surface area contributed by atoms with Gasteiger partial charge in [-0.15, -0.1) is 11.8 Å². The molecule has 1 N–H and O–H groups in total. The van der Waals surface area contributed by atoms with E-state index >= 15 is 0 Å². The second-order valence-electron chi connectivity index (χ2n) is 9.61. The highest BCUT2D eigenvalue weighted by atomic mass is 32.2. The van der Waals surface area contributed by atoms with Crippen LogP contribution >= 0.6 is 11.8 Å². The predicted molar refractivity (Wildman–Crippen MR) is 133 cm³/mol. The summed E-state index contributed by atoms with van der Waals surface area (Å²) < 4.78 is 3.61. The van der Waals surface area contributed by atoms with Crippen molar-refractivity contribution in [2.24, 2.45) is 0 Å². The molecule has 1 atom stereocenters. The van der Waals surface area contributed by atoms with Gasteiger partial charge in [0.2, 0.25) is 0 Å². The number of benzene rings is 1. The van der Waals surface area contributed by atoms with E-state index in [4.69, 9.17) is 0 Å².